The summed E-state index contributed by atoms with van der Waals surface area (Å²) in [7, 11) is 0. The maximum absolute atomic E-state index is 5.52. The number of nitrogens with zero attached hydrogens (tertiary/aromatic N) is 2. The lowest BCUT2D eigenvalue weighted by Crippen LogP contribution is -1.92. The molecule has 2 aromatic heterocycles. The van der Waals surface area contributed by atoms with E-state index in [1.807, 2.05) is 24.3 Å². The first-order chi connectivity index (χ1) is 8.90. The van der Waals surface area contributed by atoms with Crippen molar-refractivity contribution in [3.05, 3.63) is 54.4 Å². The van der Waals surface area contributed by atoms with Gasteiger partial charge in [-0.2, -0.15) is 0 Å². The van der Waals surface area contributed by atoms with Crippen LogP contribution >= 0.6 is 0 Å². The Labute approximate surface area is 105 Å². The SMILES string of the molecule is NCC=Cc1cc2cccnc2c2ncccc12. The van der Waals surface area contributed by atoms with Crippen LogP contribution < -0.4 is 5.73 Å². The van der Waals surface area contributed by atoms with Gasteiger partial charge in [0.1, 0.15) is 0 Å². The molecule has 88 valence electrons. The van der Waals surface area contributed by atoms with Gasteiger partial charge in [-0.3, -0.25) is 9.97 Å². The number of nitrogens with two attached hydrogens (primary N) is 1. The molecule has 3 rings (SSSR count). The summed E-state index contributed by atoms with van der Waals surface area (Å²) in [6.07, 6.45) is 7.58. The highest BCUT2D eigenvalue weighted by Gasteiger charge is 2.05. The van der Waals surface area contributed by atoms with Gasteiger partial charge < -0.3 is 5.73 Å². The third-order valence-electron chi connectivity index (χ3n) is 2.93. The van der Waals surface area contributed by atoms with Crippen molar-refractivity contribution in [2.75, 3.05) is 6.54 Å². The lowest BCUT2D eigenvalue weighted by atomic mass is 10.0. The zero-order valence-corrected chi connectivity index (χ0v) is 9.88. The molecule has 0 fully saturated rings. The summed E-state index contributed by atoms with van der Waals surface area (Å²) in [4.78, 5) is 8.87. The molecule has 0 spiro atoms. The number of hydrogen-bond donors (Lipinski definition) is 1. The van der Waals surface area contributed by atoms with Gasteiger partial charge in [0, 0.05) is 29.7 Å². The fraction of sp³-hybridized carbons (Fsp3) is 0.0667. The standard InChI is InChI=1S/C15H13N3/c16-7-1-4-11-10-12-5-2-8-17-14(12)15-13(11)6-3-9-18-15/h1-6,8-10H,7,16H2. The molecule has 3 nitrogen and oxygen atoms in total. The molecular formula is C15H13N3. The molecule has 0 amide bonds. The van der Waals surface area contributed by atoms with Crippen LogP contribution in [0.2, 0.25) is 0 Å². The number of benzene rings is 1. The third kappa shape index (κ3) is 1.75. The summed E-state index contributed by atoms with van der Waals surface area (Å²) in [5.41, 5.74) is 8.53. The summed E-state index contributed by atoms with van der Waals surface area (Å²) in [5, 5.41) is 2.20. The van der Waals surface area contributed by atoms with Crippen LogP contribution in [0.3, 0.4) is 0 Å². The van der Waals surface area contributed by atoms with Crippen LogP contribution in [0.4, 0.5) is 0 Å². The fourth-order valence-corrected chi connectivity index (χ4v) is 2.14. The van der Waals surface area contributed by atoms with Crippen LogP contribution in [-0.2, 0) is 0 Å². The van der Waals surface area contributed by atoms with Crippen molar-refractivity contribution in [1.29, 1.82) is 0 Å². The molecule has 0 saturated carbocycles. The minimum atomic E-state index is 0.535. The topological polar surface area (TPSA) is 51.8 Å². The summed E-state index contributed by atoms with van der Waals surface area (Å²) < 4.78 is 0. The highest BCUT2D eigenvalue weighted by molar-refractivity contribution is 6.06. The number of rotatable bonds is 2. The van der Waals surface area contributed by atoms with E-state index in [2.05, 4.69) is 28.2 Å². The van der Waals surface area contributed by atoms with E-state index in [-0.39, 0.29) is 0 Å². The lowest BCUT2D eigenvalue weighted by Gasteiger charge is -2.05. The maximum atomic E-state index is 5.52. The molecule has 2 heterocycles. The monoisotopic (exact) mass is 235 g/mol. The van der Waals surface area contributed by atoms with Gasteiger partial charge in [-0.05, 0) is 23.8 Å². The number of hydrogen-bond acceptors (Lipinski definition) is 3. The highest BCUT2D eigenvalue weighted by Crippen LogP contribution is 2.26. The van der Waals surface area contributed by atoms with Crippen LogP contribution in [0, 0.1) is 0 Å². The molecule has 0 unspecified atom stereocenters. The zero-order valence-electron chi connectivity index (χ0n) is 9.88. The number of aromatic nitrogens is 2. The summed E-state index contributed by atoms with van der Waals surface area (Å²) in [6.45, 7) is 0.535. The van der Waals surface area contributed by atoms with Crippen molar-refractivity contribution >= 4 is 27.9 Å². The first-order valence-electron chi connectivity index (χ1n) is 5.89. The second kappa shape index (κ2) is 4.55. The van der Waals surface area contributed by atoms with Crippen LogP contribution in [0.15, 0.2) is 48.8 Å². The summed E-state index contributed by atoms with van der Waals surface area (Å²) >= 11 is 0. The van der Waals surface area contributed by atoms with Crippen molar-refractivity contribution in [2.24, 2.45) is 5.73 Å². The summed E-state index contributed by atoms with van der Waals surface area (Å²) in [6, 6.07) is 10.1. The molecule has 3 heteroatoms. The van der Waals surface area contributed by atoms with Crippen LogP contribution in [0.1, 0.15) is 5.56 Å². The average Bonchev–Trinajstić information content (AvgIpc) is 2.45. The van der Waals surface area contributed by atoms with Crippen molar-refractivity contribution in [3.63, 3.8) is 0 Å². The quantitative estimate of drug-likeness (QED) is 0.695. The molecule has 0 radical (unpaired) electrons. The summed E-state index contributed by atoms with van der Waals surface area (Å²) in [5.74, 6) is 0. The van der Waals surface area contributed by atoms with Crippen LogP contribution in [0.5, 0.6) is 0 Å². The van der Waals surface area contributed by atoms with E-state index < -0.39 is 0 Å². The predicted octanol–water partition coefficient (Wildman–Crippen LogP) is 2.75. The van der Waals surface area contributed by atoms with Gasteiger partial charge in [0.15, 0.2) is 0 Å². The normalized spacial score (nSPS) is 11.6. The smallest absolute Gasteiger partial charge is 0.0970 e. The van der Waals surface area contributed by atoms with Gasteiger partial charge in [-0.1, -0.05) is 24.3 Å². The number of fused-ring (bicyclic) bond motifs is 3. The molecule has 0 aliphatic carbocycles. The van der Waals surface area contributed by atoms with Crippen molar-refractivity contribution in [3.8, 4) is 0 Å². The molecule has 3 aromatic rings. The Morgan fingerprint density at radius 2 is 1.83 bits per heavy atom. The van der Waals surface area contributed by atoms with Crippen molar-refractivity contribution in [1.82, 2.24) is 9.97 Å². The van der Waals surface area contributed by atoms with E-state index >= 15 is 0 Å². The lowest BCUT2D eigenvalue weighted by molar-refractivity contribution is 1.26. The average molecular weight is 235 g/mol. The second-order valence-corrected chi connectivity index (χ2v) is 4.08. The van der Waals surface area contributed by atoms with E-state index in [0.29, 0.717) is 6.54 Å². The Hall–Kier alpha value is -2.26. The highest BCUT2D eigenvalue weighted by atomic mass is 14.7. The Bertz CT molecular complexity index is 732. The third-order valence-corrected chi connectivity index (χ3v) is 2.93. The van der Waals surface area contributed by atoms with Gasteiger partial charge in [-0.25, -0.2) is 0 Å². The van der Waals surface area contributed by atoms with E-state index in [1.54, 1.807) is 12.4 Å². The minimum Gasteiger partial charge on any atom is -0.327 e. The molecule has 0 bridgehead atoms. The maximum Gasteiger partial charge on any atom is 0.0970 e. The van der Waals surface area contributed by atoms with E-state index in [1.165, 1.54) is 0 Å². The van der Waals surface area contributed by atoms with Gasteiger partial charge in [0.05, 0.1) is 11.0 Å². The molecular weight excluding hydrogens is 222 g/mol. The van der Waals surface area contributed by atoms with E-state index in [0.717, 1.165) is 27.4 Å². The first kappa shape index (κ1) is 10.9. The van der Waals surface area contributed by atoms with Gasteiger partial charge in [0.25, 0.3) is 0 Å². The molecule has 2 N–H and O–H groups in total. The molecule has 0 saturated heterocycles. The molecule has 18 heavy (non-hydrogen) atoms. The van der Waals surface area contributed by atoms with Crippen molar-refractivity contribution < 1.29 is 0 Å². The van der Waals surface area contributed by atoms with E-state index in [9.17, 15) is 0 Å². The zero-order chi connectivity index (χ0) is 12.4. The molecule has 1 aromatic carbocycles. The largest absolute Gasteiger partial charge is 0.327 e. The van der Waals surface area contributed by atoms with E-state index in [4.69, 9.17) is 5.73 Å². The van der Waals surface area contributed by atoms with Gasteiger partial charge in [0.2, 0.25) is 0 Å². The Kier molecular flexibility index (Phi) is 2.74. The van der Waals surface area contributed by atoms with Gasteiger partial charge in [-0.15, -0.1) is 0 Å². The molecule has 0 aliphatic rings. The van der Waals surface area contributed by atoms with Crippen molar-refractivity contribution in [2.45, 2.75) is 0 Å². The molecule has 0 aliphatic heterocycles. The van der Waals surface area contributed by atoms with Crippen LogP contribution in [-0.4, -0.2) is 16.5 Å². The first-order valence-corrected chi connectivity index (χ1v) is 5.89. The van der Waals surface area contributed by atoms with Gasteiger partial charge >= 0.3 is 0 Å². The second-order valence-electron chi connectivity index (χ2n) is 4.08. The Balaban J connectivity index is 2.42. The molecule has 0 atom stereocenters. The number of pyridine rings is 2. The fourth-order valence-electron chi connectivity index (χ4n) is 2.14. The van der Waals surface area contributed by atoms with Crippen LogP contribution in [0.25, 0.3) is 27.9 Å². The minimum absolute atomic E-state index is 0.535. The predicted molar refractivity (Wildman–Crippen MR) is 75.1 cm³/mol. The Morgan fingerprint density at radius 1 is 1.06 bits per heavy atom. The Morgan fingerprint density at radius 3 is 2.67 bits per heavy atom.